The Hall–Kier alpha value is -2.77. The van der Waals surface area contributed by atoms with E-state index in [2.05, 4.69) is 27.9 Å². The predicted molar refractivity (Wildman–Crippen MR) is 94.7 cm³/mol. The Labute approximate surface area is 157 Å². The van der Waals surface area contributed by atoms with Gasteiger partial charge in [-0.15, -0.1) is 0 Å². The molecule has 27 heavy (non-hydrogen) atoms. The van der Waals surface area contributed by atoms with Gasteiger partial charge in [0.15, 0.2) is 11.5 Å². The van der Waals surface area contributed by atoms with Gasteiger partial charge in [-0.05, 0) is 48.0 Å². The summed E-state index contributed by atoms with van der Waals surface area (Å²) in [7, 11) is 0. The number of carbonyl (C=O) groups excluding carboxylic acids is 1. The third-order valence-electron chi connectivity index (χ3n) is 5.15. The Bertz CT molecular complexity index is 837. The number of amides is 1. The summed E-state index contributed by atoms with van der Waals surface area (Å²) in [5.41, 5.74) is 1.80. The smallest absolute Gasteiger partial charge is 0.278 e. The lowest BCUT2D eigenvalue weighted by molar-refractivity contribution is -0.137. The highest BCUT2D eigenvalue weighted by Gasteiger charge is 2.35. The number of aromatic nitrogens is 2. The average Bonchev–Trinajstić information content (AvgIpc) is 3.27. The fourth-order valence-corrected chi connectivity index (χ4v) is 3.69. The molecule has 1 aromatic heterocycles. The molecule has 0 bridgehead atoms. The normalized spacial score (nSPS) is 21.6. The highest BCUT2D eigenvalue weighted by molar-refractivity contribution is 5.77. The Kier molecular flexibility index (Phi) is 4.63. The van der Waals surface area contributed by atoms with Crippen LogP contribution in [0.2, 0.25) is 0 Å². The van der Waals surface area contributed by atoms with E-state index in [-0.39, 0.29) is 18.1 Å². The first-order valence-electron chi connectivity index (χ1n) is 9.11. The van der Waals surface area contributed by atoms with Crippen LogP contribution in [-0.4, -0.2) is 47.6 Å². The van der Waals surface area contributed by atoms with Crippen LogP contribution >= 0.6 is 0 Å². The maximum Gasteiger partial charge on any atom is 0.278 e. The standard InChI is InChI=1S/C19H23N3O5/c1-13-18(21-27-20-13)24-8-7-22-11-19(2,6-5-17(22)23)10-14-3-4-15-16(9-14)26-12-25-15/h3-4,9H,5-8,10-12H2,1-2H3/t19-/m0/s1. The second-order valence-corrected chi connectivity index (χ2v) is 7.49. The molecule has 0 aliphatic carbocycles. The van der Waals surface area contributed by atoms with E-state index >= 15 is 0 Å². The lowest BCUT2D eigenvalue weighted by Gasteiger charge is -2.40. The molecule has 2 aliphatic heterocycles. The number of piperidine rings is 1. The lowest BCUT2D eigenvalue weighted by atomic mass is 9.76. The van der Waals surface area contributed by atoms with Crippen molar-refractivity contribution in [1.82, 2.24) is 15.2 Å². The van der Waals surface area contributed by atoms with Crippen molar-refractivity contribution in [3.63, 3.8) is 0 Å². The van der Waals surface area contributed by atoms with Crippen molar-refractivity contribution in [3.8, 4) is 17.4 Å². The zero-order valence-electron chi connectivity index (χ0n) is 15.6. The van der Waals surface area contributed by atoms with Crippen LogP contribution in [0.4, 0.5) is 0 Å². The van der Waals surface area contributed by atoms with Crippen LogP contribution in [0.25, 0.3) is 0 Å². The molecule has 1 saturated heterocycles. The van der Waals surface area contributed by atoms with E-state index in [0.29, 0.717) is 37.7 Å². The Morgan fingerprint density at radius 2 is 2.11 bits per heavy atom. The van der Waals surface area contributed by atoms with Gasteiger partial charge in [0, 0.05) is 13.0 Å². The Morgan fingerprint density at radius 3 is 2.93 bits per heavy atom. The van der Waals surface area contributed by atoms with Crippen molar-refractivity contribution in [2.24, 2.45) is 5.41 Å². The number of fused-ring (bicyclic) bond motifs is 1. The minimum absolute atomic E-state index is 0.00692. The SMILES string of the molecule is Cc1nonc1OCCN1C[C@](C)(Cc2ccc3c(c2)OCO3)CCC1=O. The van der Waals surface area contributed by atoms with E-state index in [1.807, 2.05) is 17.0 Å². The van der Waals surface area contributed by atoms with Crippen molar-refractivity contribution in [1.29, 1.82) is 0 Å². The first kappa shape index (κ1) is 17.6. The van der Waals surface area contributed by atoms with E-state index in [0.717, 1.165) is 24.3 Å². The third kappa shape index (κ3) is 3.84. The predicted octanol–water partition coefficient (Wildman–Crippen LogP) is 2.36. The molecule has 1 fully saturated rings. The van der Waals surface area contributed by atoms with Gasteiger partial charge < -0.3 is 19.1 Å². The maximum atomic E-state index is 12.3. The molecular formula is C19H23N3O5. The van der Waals surface area contributed by atoms with Crippen molar-refractivity contribution in [2.75, 3.05) is 26.5 Å². The van der Waals surface area contributed by atoms with Gasteiger partial charge in [0.25, 0.3) is 5.88 Å². The molecule has 0 radical (unpaired) electrons. The number of benzene rings is 1. The fourth-order valence-electron chi connectivity index (χ4n) is 3.69. The van der Waals surface area contributed by atoms with E-state index in [1.165, 1.54) is 5.56 Å². The Morgan fingerprint density at radius 1 is 1.26 bits per heavy atom. The van der Waals surface area contributed by atoms with Crippen LogP contribution in [0.1, 0.15) is 31.0 Å². The largest absolute Gasteiger partial charge is 0.472 e. The van der Waals surface area contributed by atoms with Crippen LogP contribution in [0.3, 0.4) is 0 Å². The minimum Gasteiger partial charge on any atom is -0.472 e. The summed E-state index contributed by atoms with van der Waals surface area (Å²) in [6, 6.07) is 6.07. The van der Waals surface area contributed by atoms with Gasteiger partial charge in [0.05, 0.1) is 6.54 Å². The van der Waals surface area contributed by atoms with Crippen LogP contribution in [0, 0.1) is 12.3 Å². The number of carbonyl (C=O) groups is 1. The van der Waals surface area contributed by atoms with Gasteiger partial charge in [0.2, 0.25) is 12.7 Å². The third-order valence-corrected chi connectivity index (χ3v) is 5.15. The molecule has 8 nitrogen and oxygen atoms in total. The lowest BCUT2D eigenvalue weighted by Crippen LogP contribution is -2.47. The van der Waals surface area contributed by atoms with Crippen molar-refractivity contribution in [3.05, 3.63) is 29.5 Å². The Balaban J connectivity index is 1.37. The molecule has 1 aromatic carbocycles. The molecular weight excluding hydrogens is 350 g/mol. The van der Waals surface area contributed by atoms with Crippen LogP contribution in [0.5, 0.6) is 17.4 Å². The monoisotopic (exact) mass is 373 g/mol. The summed E-state index contributed by atoms with van der Waals surface area (Å²) in [6.07, 6.45) is 2.29. The highest BCUT2D eigenvalue weighted by Crippen LogP contribution is 2.37. The molecule has 1 amide bonds. The summed E-state index contributed by atoms with van der Waals surface area (Å²) in [6.45, 7) is 5.84. The molecule has 0 saturated carbocycles. The number of hydrogen-bond acceptors (Lipinski definition) is 7. The van der Waals surface area contributed by atoms with Gasteiger partial charge in [-0.1, -0.05) is 18.1 Å². The summed E-state index contributed by atoms with van der Waals surface area (Å²) < 4.78 is 21.0. The van der Waals surface area contributed by atoms with E-state index in [1.54, 1.807) is 6.92 Å². The molecule has 0 N–H and O–H groups in total. The summed E-state index contributed by atoms with van der Waals surface area (Å²) in [5.74, 6) is 2.13. The molecule has 144 valence electrons. The van der Waals surface area contributed by atoms with Crippen LogP contribution < -0.4 is 14.2 Å². The van der Waals surface area contributed by atoms with Gasteiger partial charge >= 0.3 is 0 Å². The second-order valence-electron chi connectivity index (χ2n) is 7.49. The maximum absolute atomic E-state index is 12.3. The first-order valence-corrected chi connectivity index (χ1v) is 9.11. The van der Waals surface area contributed by atoms with Gasteiger partial charge in [-0.2, -0.15) is 0 Å². The summed E-state index contributed by atoms with van der Waals surface area (Å²) >= 11 is 0. The number of aryl methyl sites for hydroxylation is 1. The number of likely N-dealkylation sites (tertiary alicyclic amines) is 1. The molecule has 3 heterocycles. The van der Waals surface area contributed by atoms with E-state index in [9.17, 15) is 4.79 Å². The van der Waals surface area contributed by atoms with E-state index in [4.69, 9.17) is 14.2 Å². The molecule has 0 unspecified atom stereocenters. The quantitative estimate of drug-likeness (QED) is 0.768. The van der Waals surface area contributed by atoms with Crippen molar-refractivity contribution in [2.45, 2.75) is 33.1 Å². The van der Waals surface area contributed by atoms with Gasteiger partial charge in [-0.3, -0.25) is 4.79 Å². The highest BCUT2D eigenvalue weighted by atomic mass is 16.7. The van der Waals surface area contributed by atoms with Gasteiger partial charge in [-0.25, -0.2) is 4.63 Å². The van der Waals surface area contributed by atoms with Crippen LogP contribution in [-0.2, 0) is 11.2 Å². The number of nitrogens with zero attached hydrogens (tertiary/aromatic N) is 3. The molecule has 4 rings (SSSR count). The molecule has 0 spiro atoms. The van der Waals surface area contributed by atoms with E-state index < -0.39 is 0 Å². The number of hydrogen-bond donors (Lipinski definition) is 0. The van der Waals surface area contributed by atoms with Crippen molar-refractivity contribution >= 4 is 5.91 Å². The number of ether oxygens (including phenoxy) is 3. The fraction of sp³-hybridized carbons (Fsp3) is 0.526. The second kappa shape index (κ2) is 7.09. The van der Waals surface area contributed by atoms with Crippen molar-refractivity contribution < 1.29 is 23.6 Å². The van der Waals surface area contributed by atoms with Crippen LogP contribution in [0.15, 0.2) is 22.8 Å². The molecule has 8 heteroatoms. The molecule has 1 atom stereocenters. The summed E-state index contributed by atoms with van der Waals surface area (Å²) in [4.78, 5) is 14.2. The summed E-state index contributed by atoms with van der Waals surface area (Å²) in [5, 5.41) is 7.38. The zero-order valence-corrected chi connectivity index (χ0v) is 15.6. The molecule has 2 aliphatic rings. The first-order chi connectivity index (χ1) is 13.0. The molecule has 2 aromatic rings. The number of rotatable bonds is 6. The topological polar surface area (TPSA) is 86.9 Å². The zero-order chi connectivity index (χ0) is 18.9. The van der Waals surface area contributed by atoms with Gasteiger partial charge in [0.1, 0.15) is 12.3 Å². The minimum atomic E-state index is 0.00692. The average molecular weight is 373 g/mol.